The Bertz CT molecular complexity index is 3230. The van der Waals surface area contributed by atoms with Crippen molar-refractivity contribution >= 4 is 22.7 Å². The second-order valence-corrected chi connectivity index (χ2v) is 16.6. The molecule has 1 aliphatic carbocycles. The monoisotopic (exact) mass is 781 g/mol. The van der Waals surface area contributed by atoms with Crippen LogP contribution >= 0.6 is 11.8 Å². The summed E-state index contributed by atoms with van der Waals surface area (Å²) in [7, 11) is 0. The van der Waals surface area contributed by atoms with Crippen LogP contribution < -0.4 is 0 Å². The first kappa shape index (κ1) is 34.6. The van der Waals surface area contributed by atoms with Crippen molar-refractivity contribution in [2.75, 3.05) is 0 Å². The van der Waals surface area contributed by atoms with Gasteiger partial charge >= 0.3 is 0 Å². The molecule has 0 saturated carbocycles. The van der Waals surface area contributed by atoms with Crippen LogP contribution in [0, 0.1) is 0 Å². The Morgan fingerprint density at radius 1 is 0.350 bits per heavy atom. The first-order valence-electron chi connectivity index (χ1n) is 20.3. The number of rotatable bonds is 5. The van der Waals surface area contributed by atoms with Crippen LogP contribution in [0.4, 0.5) is 0 Å². The molecule has 60 heavy (non-hydrogen) atoms. The van der Waals surface area contributed by atoms with Gasteiger partial charge in [-0.15, -0.1) is 0 Å². The normalized spacial score (nSPS) is 13.1. The molecular formula is C56H35N3S. The first-order valence-corrected chi connectivity index (χ1v) is 21.2. The predicted octanol–water partition coefficient (Wildman–Crippen LogP) is 14.2. The zero-order chi connectivity index (χ0) is 39.6. The molecule has 0 fully saturated rings. The maximum Gasteiger partial charge on any atom is 0.160 e. The van der Waals surface area contributed by atoms with Gasteiger partial charge in [0.05, 0.1) is 22.3 Å². The molecule has 0 bridgehead atoms. The van der Waals surface area contributed by atoms with Gasteiger partial charge in [0.1, 0.15) is 0 Å². The Hall–Kier alpha value is -7.40. The molecule has 12 rings (SSSR count). The van der Waals surface area contributed by atoms with Crippen molar-refractivity contribution in [3.63, 3.8) is 0 Å². The Kier molecular flexibility index (Phi) is 8.00. The summed E-state index contributed by atoms with van der Waals surface area (Å²) in [5.41, 5.74) is 17.6. The van der Waals surface area contributed by atoms with E-state index < -0.39 is 5.41 Å². The van der Waals surface area contributed by atoms with Crippen LogP contribution in [-0.4, -0.2) is 15.0 Å². The van der Waals surface area contributed by atoms with E-state index >= 15 is 0 Å². The van der Waals surface area contributed by atoms with Crippen molar-refractivity contribution in [3.8, 4) is 67.3 Å². The lowest BCUT2D eigenvalue weighted by Crippen LogP contribution is -2.32. The minimum Gasteiger partial charge on any atom is -0.256 e. The molecule has 0 amide bonds. The highest BCUT2D eigenvalue weighted by molar-refractivity contribution is 7.99. The number of hydrogen-bond acceptors (Lipinski definition) is 4. The number of hydrogen-bond donors (Lipinski definition) is 0. The predicted molar refractivity (Wildman–Crippen MR) is 246 cm³/mol. The van der Waals surface area contributed by atoms with Gasteiger partial charge in [0.15, 0.2) is 5.82 Å². The fourth-order valence-corrected chi connectivity index (χ4v) is 10.6. The van der Waals surface area contributed by atoms with E-state index in [0.717, 1.165) is 50.1 Å². The summed E-state index contributed by atoms with van der Waals surface area (Å²) >= 11 is 1.85. The molecule has 3 heterocycles. The fraction of sp³-hybridized carbons (Fsp3) is 0.0179. The Labute approximate surface area is 353 Å². The third kappa shape index (κ3) is 5.42. The molecule has 2 aliphatic rings. The summed E-state index contributed by atoms with van der Waals surface area (Å²) in [5.74, 6) is 0.697. The molecule has 0 atom stereocenters. The quantitative estimate of drug-likeness (QED) is 0.174. The summed E-state index contributed by atoms with van der Waals surface area (Å²) in [5, 5.41) is 1.13. The smallest absolute Gasteiger partial charge is 0.160 e. The van der Waals surface area contributed by atoms with Crippen LogP contribution in [-0.2, 0) is 5.41 Å². The molecule has 0 unspecified atom stereocenters. The summed E-state index contributed by atoms with van der Waals surface area (Å²) in [6.07, 6.45) is 1.89. The van der Waals surface area contributed by atoms with E-state index in [0.29, 0.717) is 5.82 Å². The zero-order valence-electron chi connectivity index (χ0n) is 32.5. The standard InChI is InChI=1S/C56H35N3S/c1-3-13-36(14-4-1)37-24-26-39(27-25-37)51-35-50(38-15-5-2-6-16-38)58-55(59-51)42-29-31-53-49(34-42)56(46-22-9-7-19-44(46)45-20-8-10-23-47(45)56)48-33-41(28-30-52(48)60-53)43-21-11-17-40-18-12-32-57-54(40)43/h1-35H. The highest BCUT2D eigenvalue weighted by Gasteiger charge is 2.50. The maximum absolute atomic E-state index is 5.36. The average Bonchev–Trinajstić information content (AvgIpc) is 3.62. The fourth-order valence-electron chi connectivity index (χ4n) is 9.49. The zero-order valence-corrected chi connectivity index (χ0v) is 33.3. The number of pyridine rings is 1. The van der Waals surface area contributed by atoms with Gasteiger partial charge in [-0.1, -0.05) is 182 Å². The Balaban J connectivity index is 1.08. The molecule has 2 aromatic heterocycles. The summed E-state index contributed by atoms with van der Waals surface area (Å²) < 4.78 is 0. The molecular weight excluding hydrogens is 747 g/mol. The van der Waals surface area contributed by atoms with Crippen LogP contribution in [0.5, 0.6) is 0 Å². The van der Waals surface area contributed by atoms with Crippen LogP contribution in [0.1, 0.15) is 22.3 Å². The third-order valence-corrected chi connectivity index (χ3v) is 13.4. The third-order valence-electron chi connectivity index (χ3n) is 12.2. The topological polar surface area (TPSA) is 38.7 Å². The Morgan fingerprint density at radius 2 is 0.850 bits per heavy atom. The molecule has 1 aliphatic heterocycles. The van der Waals surface area contributed by atoms with E-state index in [4.69, 9.17) is 15.0 Å². The van der Waals surface area contributed by atoms with E-state index in [1.165, 1.54) is 54.3 Å². The number of fused-ring (bicyclic) bond motifs is 10. The lowest BCUT2D eigenvalue weighted by Gasteiger charge is -2.40. The minimum atomic E-state index is -0.583. The van der Waals surface area contributed by atoms with Gasteiger partial charge < -0.3 is 0 Å². The molecule has 0 saturated heterocycles. The van der Waals surface area contributed by atoms with Crippen molar-refractivity contribution in [2.24, 2.45) is 0 Å². The van der Waals surface area contributed by atoms with Crippen molar-refractivity contribution in [1.29, 1.82) is 0 Å². The highest BCUT2D eigenvalue weighted by Crippen LogP contribution is 2.63. The second kappa shape index (κ2) is 13.9. The van der Waals surface area contributed by atoms with Crippen LogP contribution in [0.15, 0.2) is 222 Å². The van der Waals surface area contributed by atoms with E-state index in [9.17, 15) is 0 Å². The molecule has 280 valence electrons. The largest absolute Gasteiger partial charge is 0.256 e. The van der Waals surface area contributed by atoms with Gasteiger partial charge in [-0.05, 0) is 86.5 Å². The lowest BCUT2D eigenvalue weighted by molar-refractivity contribution is 0.723. The molecule has 0 N–H and O–H groups in total. The van der Waals surface area contributed by atoms with E-state index in [1.807, 2.05) is 30.1 Å². The van der Waals surface area contributed by atoms with Crippen molar-refractivity contribution in [3.05, 3.63) is 235 Å². The lowest BCUT2D eigenvalue weighted by atomic mass is 9.66. The first-order chi connectivity index (χ1) is 29.7. The number of benzene rings is 8. The van der Waals surface area contributed by atoms with Crippen LogP contribution in [0.3, 0.4) is 0 Å². The second-order valence-electron chi connectivity index (χ2n) is 15.5. The summed E-state index contributed by atoms with van der Waals surface area (Å²) in [6, 6.07) is 74.3. The average molecular weight is 782 g/mol. The molecule has 0 radical (unpaired) electrons. The molecule has 3 nitrogen and oxygen atoms in total. The van der Waals surface area contributed by atoms with Crippen molar-refractivity contribution < 1.29 is 0 Å². The van der Waals surface area contributed by atoms with Gasteiger partial charge in [0, 0.05) is 43.6 Å². The maximum atomic E-state index is 5.36. The van der Waals surface area contributed by atoms with Gasteiger partial charge in [-0.25, -0.2) is 9.97 Å². The van der Waals surface area contributed by atoms with Gasteiger partial charge in [-0.2, -0.15) is 0 Å². The van der Waals surface area contributed by atoms with Gasteiger partial charge in [0.2, 0.25) is 0 Å². The molecule has 4 heteroatoms. The molecule has 8 aromatic carbocycles. The van der Waals surface area contributed by atoms with E-state index in [-0.39, 0.29) is 0 Å². The van der Waals surface area contributed by atoms with E-state index in [1.54, 1.807) is 0 Å². The van der Waals surface area contributed by atoms with Gasteiger partial charge in [-0.3, -0.25) is 4.98 Å². The SMILES string of the molecule is c1ccc(-c2ccc(-c3cc(-c4ccccc4)nc(-c4ccc5c(c4)C4(c6cc(-c7cccc8cccnc78)ccc6S5)c5ccccc5-c5ccccc54)n3)cc2)cc1. The van der Waals surface area contributed by atoms with Crippen molar-refractivity contribution in [1.82, 2.24) is 15.0 Å². The van der Waals surface area contributed by atoms with E-state index in [2.05, 4.69) is 194 Å². The number of nitrogens with zero attached hydrogens (tertiary/aromatic N) is 3. The highest BCUT2D eigenvalue weighted by atomic mass is 32.2. The van der Waals surface area contributed by atoms with Crippen LogP contribution in [0.2, 0.25) is 0 Å². The van der Waals surface area contributed by atoms with Crippen LogP contribution in [0.25, 0.3) is 78.2 Å². The summed E-state index contributed by atoms with van der Waals surface area (Å²) in [4.78, 5) is 18.0. The van der Waals surface area contributed by atoms with Crippen molar-refractivity contribution in [2.45, 2.75) is 15.2 Å². The molecule has 1 spiro atoms. The summed E-state index contributed by atoms with van der Waals surface area (Å²) in [6.45, 7) is 0. The minimum absolute atomic E-state index is 0.583. The molecule has 10 aromatic rings. The Morgan fingerprint density at radius 3 is 1.53 bits per heavy atom. The number of aromatic nitrogens is 3. The van der Waals surface area contributed by atoms with Gasteiger partial charge in [0.25, 0.3) is 0 Å². The number of para-hydroxylation sites is 1.